The van der Waals surface area contributed by atoms with Gasteiger partial charge in [-0.05, 0) is 30.4 Å². The Bertz CT molecular complexity index is 987. The quantitative estimate of drug-likeness (QED) is 0.690. The summed E-state index contributed by atoms with van der Waals surface area (Å²) in [6.07, 6.45) is 0.923. The van der Waals surface area contributed by atoms with Gasteiger partial charge in [0.25, 0.3) is 0 Å². The minimum atomic E-state index is -3.65. The normalized spacial score (nSPS) is 30.3. The third-order valence-electron chi connectivity index (χ3n) is 5.93. The van der Waals surface area contributed by atoms with Gasteiger partial charge in [-0.15, -0.1) is 0 Å². The first-order valence-electron chi connectivity index (χ1n) is 9.41. The largest absolute Gasteiger partial charge is 0.340 e. The molecule has 0 spiro atoms. The Kier molecular flexibility index (Phi) is 5.22. The number of benzene rings is 1. The highest BCUT2D eigenvalue weighted by Gasteiger charge is 2.48. The zero-order valence-electron chi connectivity index (χ0n) is 15.3. The number of amides is 1. The molecule has 2 heterocycles. The summed E-state index contributed by atoms with van der Waals surface area (Å²) in [6, 6.07) is 7.54. The van der Waals surface area contributed by atoms with Crippen LogP contribution in [0.4, 0.5) is 0 Å². The molecule has 10 heteroatoms. The van der Waals surface area contributed by atoms with Crippen molar-refractivity contribution in [2.24, 2.45) is 5.92 Å². The number of sulfone groups is 1. The van der Waals surface area contributed by atoms with E-state index in [1.807, 2.05) is 24.3 Å². The van der Waals surface area contributed by atoms with Crippen molar-refractivity contribution in [1.82, 2.24) is 9.21 Å². The molecule has 0 N–H and O–H groups in total. The predicted octanol–water partition coefficient (Wildman–Crippen LogP) is 1.10. The number of sulfonamides is 1. The van der Waals surface area contributed by atoms with Gasteiger partial charge in [0.1, 0.15) is 0 Å². The smallest absolute Gasteiger partial charge is 0.226 e. The zero-order valence-corrected chi connectivity index (χ0v) is 17.7. The van der Waals surface area contributed by atoms with Gasteiger partial charge in [-0.3, -0.25) is 4.79 Å². The van der Waals surface area contributed by atoms with Gasteiger partial charge in [0, 0.05) is 37.1 Å². The topological polar surface area (TPSA) is 91.8 Å². The van der Waals surface area contributed by atoms with Crippen LogP contribution in [0.5, 0.6) is 0 Å². The molecular weight excluding hydrogens is 424 g/mol. The summed E-state index contributed by atoms with van der Waals surface area (Å²) < 4.78 is 50.0. The molecule has 1 aromatic carbocycles. The molecule has 3 fully saturated rings. The van der Waals surface area contributed by atoms with Crippen LogP contribution in [0.25, 0.3) is 0 Å². The third-order valence-corrected chi connectivity index (χ3v) is 10.6. The molecule has 1 saturated carbocycles. The van der Waals surface area contributed by atoms with E-state index in [1.165, 1.54) is 4.31 Å². The maximum atomic E-state index is 12.8. The lowest BCUT2D eigenvalue weighted by Crippen LogP contribution is -2.53. The van der Waals surface area contributed by atoms with Crippen molar-refractivity contribution < 1.29 is 21.6 Å². The predicted molar refractivity (Wildman–Crippen MR) is 106 cm³/mol. The van der Waals surface area contributed by atoms with E-state index in [0.29, 0.717) is 18.1 Å². The molecule has 1 aliphatic carbocycles. The second-order valence-corrected chi connectivity index (χ2v) is 12.6. The van der Waals surface area contributed by atoms with Gasteiger partial charge in [0.05, 0.1) is 16.8 Å². The molecule has 3 aliphatic rings. The van der Waals surface area contributed by atoms with Crippen molar-refractivity contribution in [3.05, 3.63) is 34.9 Å². The van der Waals surface area contributed by atoms with Crippen molar-refractivity contribution >= 4 is 37.4 Å². The Balaban J connectivity index is 1.35. The summed E-state index contributed by atoms with van der Waals surface area (Å²) in [7, 11) is -6.91. The molecule has 154 valence electrons. The van der Waals surface area contributed by atoms with Crippen molar-refractivity contribution in [1.29, 1.82) is 0 Å². The fourth-order valence-corrected chi connectivity index (χ4v) is 8.98. The van der Waals surface area contributed by atoms with Crippen LogP contribution < -0.4 is 0 Å². The number of hydrogen-bond donors (Lipinski definition) is 0. The SMILES string of the molecule is O=C(C1CC1c1ccccc1Cl)N1CCN(S(=O)(=O)C2CCS(=O)(=O)C2)CC1. The van der Waals surface area contributed by atoms with Crippen LogP contribution in [0.3, 0.4) is 0 Å². The van der Waals surface area contributed by atoms with Crippen molar-refractivity contribution in [3.63, 3.8) is 0 Å². The molecule has 3 atom stereocenters. The summed E-state index contributed by atoms with van der Waals surface area (Å²) in [5, 5.41) is -0.182. The van der Waals surface area contributed by atoms with Gasteiger partial charge >= 0.3 is 0 Å². The lowest BCUT2D eigenvalue weighted by atomic mass is 10.1. The van der Waals surface area contributed by atoms with E-state index in [1.54, 1.807) is 4.90 Å². The lowest BCUT2D eigenvalue weighted by Gasteiger charge is -2.35. The fourth-order valence-electron chi connectivity index (χ4n) is 4.19. The first kappa shape index (κ1) is 20.1. The van der Waals surface area contributed by atoms with Crippen LogP contribution >= 0.6 is 11.6 Å². The summed E-state index contributed by atoms with van der Waals surface area (Å²) in [4.78, 5) is 14.5. The molecule has 28 heavy (non-hydrogen) atoms. The van der Waals surface area contributed by atoms with Crippen LogP contribution in [0.1, 0.15) is 24.3 Å². The zero-order chi connectivity index (χ0) is 20.1. The van der Waals surface area contributed by atoms with Gasteiger partial charge in [0.15, 0.2) is 9.84 Å². The highest BCUT2D eigenvalue weighted by Crippen LogP contribution is 2.50. The molecule has 1 aromatic rings. The average Bonchev–Trinajstić information content (AvgIpc) is 3.37. The van der Waals surface area contributed by atoms with E-state index >= 15 is 0 Å². The van der Waals surface area contributed by atoms with Crippen molar-refractivity contribution in [2.45, 2.75) is 24.0 Å². The standard InChI is InChI=1S/C18H23ClN2O5S2/c19-17-4-2-1-3-14(17)15-11-16(15)18(22)20-6-8-21(9-7-20)28(25,26)13-5-10-27(23,24)12-13/h1-4,13,15-16H,5-12H2. The van der Waals surface area contributed by atoms with E-state index < -0.39 is 25.1 Å². The second-order valence-electron chi connectivity index (χ2n) is 7.76. The number of carbonyl (C=O) groups is 1. The summed E-state index contributed by atoms with van der Waals surface area (Å²) in [5.74, 6) is -0.281. The van der Waals surface area contributed by atoms with E-state index in [2.05, 4.69) is 0 Å². The van der Waals surface area contributed by atoms with E-state index in [4.69, 9.17) is 11.6 Å². The van der Waals surface area contributed by atoms with Crippen molar-refractivity contribution in [2.75, 3.05) is 37.7 Å². The highest BCUT2D eigenvalue weighted by molar-refractivity contribution is 7.95. The third kappa shape index (κ3) is 3.81. The van der Waals surface area contributed by atoms with Gasteiger partial charge in [-0.2, -0.15) is 4.31 Å². The Morgan fingerprint density at radius 3 is 2.39 bits per heavy atom. The number of piperazine rings is 1. The lowest BCUT2D eigenvalue weighted by molar-refractivity contribution is -0.133. The number of rotatable bonds is 4. The fraction of sp³-hybridized carbons (Fsp3) is 0.611. The summed E-state index contributed by atoms with van der Waals surface area (Å²) in [6.45, 7) is 1.11. The maximum Gasteiger partial charge on any atom is 0.226 e. The molecule has 2 aliphatic heterocycles. The number of carbonyl (C=O) groups excluding carboxylic acids is 1. The van der Waals surface area contributed by atoms with Gasteiger partial charge in [-0.25, -0.2) is 16.8 Å². The van der Waals surface area contributed by atoms with Crippen LogP contribution in [-0.4, -0.2) is 74.9 Å². The summed E-state index contributed by atoms with van der Waals surface area (Å²) >= 11 is 6.23. The molecule has 3 unspecified atom stereocenters. The Hall–Kier alpha value is -1.16. The molecule has 0 aromatic heterocycles. The first-order chi connectivity index (χ1) is 13.2. The number of nitrogens with zero attached hydrogens (tertiary/aromatic N) is 2. The Labute approximate surface area is 170 Å². The van der Waals surface area contributed by atoms with E-state index in [9.17, 15) is 21.6 Å². The van der Waals surface area contributed by atoms with Gasteiger partial charge in [0.2, 0.25) is 15.9 Å². The van der Waals surface area contributed by atoms with Crippen LogP contribution in [-0.2, 0) is 24.7 Å². The van der Waals surface area contributed by atoms with Crippen LogP contribution in [0, 0.1) is 5.92 Å². The number of hydrogen-bond acceptors (Lipinski definition) is 5. The molecule has 2 saturated heterocycles. The molecule has 7 nitrogen and oxygen atoms in total. The average molecular weight is 447 g/mol. The number of halogens is 1. The Morgan fingerprint density at radius 1 is 1.11 bits per heavy atom. The second kappa shape index (κ2) is 7.27. The van der Waals surface area contributed by atoms with Crippen LogP contribution in [0.2, 0.25) is 5.02 Å². The highest BCUT2D eigenvalue weighted by atomic mass is 35.5. The minimum absolute atomic E-state index is 0.0467. The van der Waals surface area contributed by atoms with E-state index in [-0.39, 0.29) is 48.8 Å². The Morgan fingerprint density at radius 2 is 1.79 bits per heavy atom. The van der Waals surface area contributed by atoms with E-state index in [0.717, 1.165) is 12.0 Å². The van der Waals surface area contributed by atoms with Gasteiger partial charge in [-0.1, -0.05) is 29.8 Å². The molecule has 0 bridgehead atoms. The monoisotopic (exact) mass is 446 g/mol. The molecule has 1 amide bonds. The minimum Gasteiger partial charge on any atom is -0.340 e. The molecular formula is C18H23ClN2O5S2. The maximum absolute atomic E-state index is 12.8. The van der Waals surface area contributed by atoms with Gasteiger partial charge < -0.3 is 4.90 Å². The molecule has 4 rings (SSSR count). The molecule has 0 radical (unpaired) electrons. The van der Waals surface area contributed by atoms with Crippen molar-refractivity contribution in [3.8, 4) is 0 Å². The van der Waals surface area contributed by atoms with Crippen LogP contribution in [0.15, 0.2) is 24.3 Å². The first-order valence-corrected chi connectivity index (χ1v) is 13.1. The summed E-state index contributed by atoms with van der Waals surface area (Å²) in [5.41, 5.74) is 0.992.